The summed E-state index contributed by atoms with van der Waals surface area (Å²) in [4.78, 5) is 2.20. The van der Waals surface area contributed by atoms with Crippen molar-refractivity contribution in [2.24, 2.45) is 5.73 Å². The fourth-order valence-corrected chi connectivity index (χ4v) is 2.45. The lowest BCUT2D eigenvalue weighted by atomic mass is 9.89. The van der Waals surface area contributed by atoms with Crippen molar-refractivity contribution in [1.82, 2.24) is 4.90 Å². The molecular formula is C12H17FN2. The van der Waals surface area contributed by atoms with Crippen LogP contribution in [0.15, 0.2) is 24.3 Å². The first-order chi connectivity index (χ1) is 7.02. The molecule has 2 nitrogen and oxygen atoms in total. The van der Waals surface area contributed by atoms with Crippen LogP contribution < -0.4 is 5.73 Å². The summed E-state index contributed by atoms with van der Waals surface area (Å²) in [5.74, 6) is -0.178. The van der Waals surface area contributed by atoms with Gasteiger partial charge in [-0.25, -0.2) is 4.39 Å². The molecule has 0 spiro atoms. The van der Waals surface area contributed by atoms with Crippen LogP contribution in [0.25, 0.3) is 0 Å². The van der Waals surface area contributed by atoms with E-state index in [1.165, 1.54) is 6.07 Å². The third kappa shape index (κ3) is 1.77. The Kier molecular flexibility index (Phi) is 2.52. The normalized spacial score (nSPS) is 32.1. The maximum absolute atomic E-state index is 13.2. The second-order valence-electron chi connectivity index (χ2n) is 4.63. The molecule has 2 N–H and O–H groups in total. The third-order valence-corrected chi connectivity index (χ3v) is 3.46. The molecule has 1 saturated heterocycles. The third-order valence-electron chi connectivity index (χ3n) is 3.46. The maximum atomic E-state index is 13.2. The van der Waals surface area contributed by atoms with Crippen LogP contribution in [0.4, 0.5) is 4.39 Å². The monoisotopic (exact) mass is 208 g/mol. The van der Waals surface area contributed by atoms with Crippen molar-refractivity contribution in [3.63, 3.8) is 0 Å². The van der Waals surface area contributed by atoms with E-state index in [1.807, 2.05) is 13.1 Å². The summed E-state index contributed by atoms with van der Waals surface area (Å²) in [7, 11) is 2.04. The van der Waals surface area contributed by atoms with Gasteiger partial charge >= 0.3 is 0 Å². The molecule has 1 aromatic rings. The van der Waals surface area contributed by atoms with E-state index in [2.05, 4.69) is 11.8 Å². The van der Waals surface area contributed by atoms with Gasteiger partial charge in [0.05, 0.1) is 0 Å². The van der Waals surface area contributed by atoms with Crippen molar-refractivity contribution in [3.8, 4) is 0 Å². The van der Waals surface area contributed by atoms with Gasteiger partial charge in [0.2, 0.25) is 0 Å². The predicted molar refractivity (Wildman–Crippen MR) is 59.0 cm³/mol. The van der Waals surface area contributed by atoms with Gasteiger partial charge in [-0.1, -0.05) is 12.1 Å². The molecule has 2 unspecified atom stereocenters. The lowest BCUT2D eigenvalue weighted by molar-refractivity contribution is 0.197. The van der Waals surface area contributed by atoms with Crippen LogP contribution in [0.5, 0.6) is 0 Å². The first kappa shape index (κ1) is 10.6. The lowest BCUT2D eigenvalue weighted by Crippen LogP contribution is -2.35. The van der Waals surface area contributed by atoms with Gasteiger partial charge in [0.25, 0.3) is 0 Å². The summed E-state index contributed by atoms with van der Waals surface area (Å²) in [5.41, 5.74) is 6.83. The van der Waals surface area contributed by atoms with Crippen LogP contribution in [0.1, 0.15) is 18.9 Å². The lowest BCUT2D eigenvalue weighted by Gasteiger charge is -2.32. The first-order valence-corrected chi connectivity index (χ1v) is 5.25. The Bertz CT molecular complexity index is 366. The number of benzene rings is 1. The number of halogens is 1. The SMILES string of the molecule is CN1CC(N)CC1(C)c1cccc(F)c1. The van der Waals surface area contributed by atoms with E-state index in [-0.39, 0.29) is 17.4 Å². The highest BCUT2D eigenvalue weighted by atomic mass is 19.1. The number of nitrogens with two attached hydrogens (primary N) is 1. The molecule has 1 fully saturated rings. The number of nitrogens with zero attached hydrogens (tertiary/aromatic N) is 1. The molecule has 82 valence electrons. The van der Waals surface area contributed by atoms with Crippen molar-refractivity contribution < 1.29 is 4.39 Å². The molecule has 1 aliphatic rings. The smallest absolute Gasteiger partial charge is 0.123 e. The molecule has 0 aromatic heterocycles. The van der Waals surface area contributed by atoms with E-state index in [1.54, 1.807) is 12.1 Å². The largest absolute Gasteiger partial charge is 0.326 e. The van der Waals surface area contributed by atoms with Crippen LogP contribution in [-0.2, 0) is 5.54 Å². The highest BCUT2D eigenvalue weighted by Gasteiger charge is 2.39. The number of rotatable bonds is 1. The van der Waals surface area contributed by atoms with Crippen LogP contribution in [-0.4, -0.2) is 24.5 Å². The summed E-state index contributed by atoms with van der Waals surface area (Å²) < 4.78 is 13.2. The molecule has 0 bridgehead atoms. The predicted octanol–water partition coefficient (Wildman–Crippen LogP) is 1.70. The quantitative estimate of drug-likeness (QED) is 0.761. The minimum absolute atomic E-state index is 0.123. The van der Waals surface area contributed by atoms with Gasteiger partial charge in [0, 0.05) is 18.1 Å². The number of hydrogen-bond donors (Lipinski definition) is 1. The fraction of sp³-hybridized carbons (Fsp3) is 0.500. The summed E-state index contributed by atoms with van der Waals surface area (Å²) >= 11 is 0. The molecule has 0 saturated carbocycles. The zero-order valence-corrected chi connectivity index (χ0v) is 9.20. The van der Waals surface area contributed by atoms with Gasteiger partial charge in [-0.2, -0.15) is 0 Å². The van der Waals surface area contributed by atoms with Crippen molar-refractivity contribution in [2.75, 3.05) is 13.6 Å². The standard InChI is InChI=1S/C12H17FN2/c1-12(7-11(14)8-15(12)2)9-4-3-5-10(13)6-9/h3-6,11H,7-8,14H2,1-2H3. The molecule has 2 atom stereocenters. The van der Waals surface area contributed by atoms with Gasteiger partial charge in [0.15, 0.2) is 0 Å². The minimum atomic E-state index is -0.178. The van der Waals surface area contributed by atoms with Crippen LogP contribution >= 0.6 is 0 Å². The molecule has 3 heteroatoms. The Morgan fingerprint density at radius 3 is 2.80 bits per heavy atom. The maximum Gasteiger partial charge on any atom is 0.123 e. The van der Waals surface area contributed by atoms with Crippen LogP contribution in [0.3, 0.4) is 0 Å². The van der Waals surface area contributed by atoms with Crippen LogP contribution in [0, 0.1) is 5.82 Å². The molecule has 1 heterocycles. The summed E-state index contributed by atoms with van der Waals surface area (Å²) in [6, 6.07) is 6.99. The number of likely N-dealkylation sites (N-methyl/N-ethyl adjacent to an activating group) is 1. The number of hydrogen-bond acceptors (Lipinski definition) is 2. The molecule has 0 aliphatic carbocycles. The van der Waals surface area contributed by atoms with Crippen molar-refractivity contribution in [1.29, 1.82) is 0 Å². The Labute approximate surface area is 89.9 Å². The Balaban J connectivity index is 2.37. The summed E-state index contributed by atoms with van der Waals surface area (Å²) in [5, 5.41) is 0. The fourth-order valence-electron chi connectivity index (χ4n) is 2.45. The van der Waals surface area contributed by atoms with Crippen molar-refractivity contribution in [3.05, 3.63) is 35.6 Å². The first-order valence-electron chi connectivity index (χ1n) is 5.25. The molecule has 2 rings (SSSR count). The van der Waals surface area contributed by atoms with Crippen molar-refractivity contribution in [2.45, 2.75) is 24.9 Å². The zero-order valence-electron chi connectivity index (χ0n) is 9.20. The molecule has 1 aromatic carbocycles. The van der Waals surface area contributed by atoms with E-state index in [0.717, 1.165) is 18.5 Å². The topological polar surface area (TPSA) is 29.3 Å². The second-order valence-corrected chi connectivity index (χ2v) is 4.63. The molecule has 0 radical (unpaired) electrons. The van der Waals surface area contributed by atoms with Gasteiger partial charge in [-0.15, -0.1) is 0 Å². The Morgan fingerprint density at radius 2 is 2.27 bits per heavy atom. The van der Waals surface area contributed by atoms with E-state index in [9.17, 15) is 4.39 Å². The van der Waals surface area contributed by atoms with E-state index in [0.29, 0.717) is 0 Å². The minimum Gasteiger partial charge on any atom is -0.326 e. The highest BCUT2D eigenvalue weighted by Crippen LogP contribution is 2.36. The Morgan fingerprint density at radius 1 is 1.53 bits per heavy atom. The number of likely N-dealkylation sites (tertiary alicyclic amines) is 1. The molecule has 0 amide bonds. The van der Waals surface area contributed by atoms with Gasteiger partial charge in [-0.05, 0) is 38.1 Å². The Hall–Kier alpha value is -0.930. The van der Waals surface area contributed by atoms with Gasteiger partial charge in [0.1, 0.15) is 5.82 Å². The summed E-state index contributed by atoms with van der Waals surface area (Å²) in [6.07, 6.45) is 0.882. The zero-order chi connectivity index (χ0) is 11.1. The second kappa shape index (κ2) is 3.58. The average molecular weight is 208 g/mol. The van der Waals surface area contributed by atoms with Gasteiger partial charge in [-0.3, -0.25) is 4.90 Å². The average Bonchev–Trinajstić information content (AvgIpc) is 2.42. The van der Waals surface area contributed by atoms with E-state index in [4.69, 9.17) is 5.73 Å². The van der Waals surface area contributed by atoms with Gasteiger partial charge < -0.3 is 5.73 Å². The van der Waals surface area contributed by atoms with E-state index < -0.39 is 0 Å². The molecule has 15 heavy (non-hydrogen) atoms. The summed E-state index contributed by atoms with van der Waals surface area (Å²) in [6.45, 7) is 2.99. The molecule has 1 aliphatic heterocycles. The van der Waals surface area contributed by atoms with Crippen LogP contribution in [0.2, 0.25) is 0 Å². The molecular weight excluding hydrogens is 191 g/mol. The van der Waals surface area contributed by atoms with E-state index >= 15 is 0 Å². The van der Waals surface area contributed by atoms with Crippen molar-refractivity contribution >= 4 is 0 Å². The highest BCUT2D eigenvalue weighted by molar-refractivity contribution is 5.26.